The van der Waals surface area contributed by atoms with E-state index in [-0.39, 0.29) is 0 Å². The minimum Gasteiger partial charge on any atom is -0.497 e. The summed E-state index contributed by atoms with van der Waals surface area (Å²) >= 11 is 0. The van der Waals surface area contributed by atoms with Crippen LogP contribution in [-0.2, 0) is 8.85 Å². The number of carbonyl (C=O) groups excluding carboxylic acids is 1. The maximum atomic E-state index is 12.2. The summed E-state index contributed by atoms with van der Waals surface area (Å²) in [6.07, 6.45) is 0.839. The zero-order valence-electron chi connectivity index (χ0n) is 16.2. The molecule has 0 saturated carbocycles. The Hall–Kier alpha value is -2.35. The molecule has 0 N–H and O–H groups in total. The molecular formula is C20H26O6Si. The number of hydrogen-bond donors (Lipinski definition) is 0. The topological polar surface area (TPSA) is 63.2 Å². The Bertz CT molecular complexity index is 710. The predicted molar refractivity (Wildman–Crippen MR) is 105 cm³/mol. The van der Waals surface area contributed by atoms with Gasteiger partial charge in [0, 0.05) is 14.2 Å². The van der Waals surface area contributed by atoms with E-state index in [0.29, 0.717) is 29.4 Å². The van der Waals surface area contributed by atoms with Crippen LogP contribution in [0.1, 0.15) is 16.8 Å². The third kappa shape index (κ3) is 6.39. The molecule has 2 aromatic carbocycles. The first-order valence-corrected chi connectivity index (χ1v) is 11.2. The van der Waals surface area contributed by atoms with Crippen LogP contribution in [0.5, 0.6) is 17.2 Å². The van der Waals surface area contributed by atoms with Gasteiger partial charge in [-0.2, -0.15) is 0 Å². The Kier molecular flexibility index (Phi) is 7.84. The number of carbonyl (C=O) groups is 1. The molecule has 7 heteroatoms. The van der Waals surface area contributed by atoms with Crippen LogP contribution >= 0.6 is 0 Å². The fourth-order valence-corrected chi connectivity index (χ4v) is 3.73. The molecule has 0 aromatic heterocycles. The van der Waals surface area contributed by atoms with Crippen molar-refractivity contribution >= 4 is 14.5 Å². The smallest absolute Gasteiger partial charge is 0.343 e. The molecule has 0 atom stereocenters. The van der Waals surface area contributed by atoms with Crippen LogP contribution in [0.15, 0.2) is 48.5 Å². The highest BCUT2D eigenvalue weighted by atomic mass is 28.4. The zero-order chi connectivity index (χ0) is 19.7. The lowest BCUT2D eigenvalue weighted by atomic mass is 10.2. The molecule has 0 radical (unpaired) electrons. The van der Waals surface area contributed by atoms with Gasteiger partial charge in [0.05, 0.1) is 19.3 Å². The largest absolute Gasteiger partial charge is 0.497 e. The van der Waals surface area contributed by atoms with E-state index in [1.54, 1.807) is 69.9 Å². The summed E-state index contributed by atoms with van der Waals surface area (Å²) in [5.74, 6) is 1.45. The van der Waals surface area contributed by atoms with Crippen molar-refractivity contribution in [1.29, 1.82) is 0 Å². The van der Waals surface area contributed by atoms with Crippen molar-refractivity contribution in [2.45, 2.75) is 19.0 Å². The Balaban J connectivity index is 1.82. The van der Waals surface area contributed by atoms with Crippen LogP contribution in [0.4, 0.5) is 0 Å². The monoisotopic (exact) mass is 390 g/mol. The van der Waals surface area contributed by atoms with Crippen molar-refractivity contribution in [1.82, 2.24) is 0 Å². The van der Waals surface area contributed by atoms with Crippen molar-refractivity contribution < 1.29 is 27.9 Å². The molecule has 0 heterocycles. The van der Waals surface area contributed by atoms with Gasteiger partial charge in [0.15, 0.2) is 0 Å². The summed E-state index contributed by atoms with van der Waals surface area (Å²) in [4.78, 5) is 12.2. The first-order valence-electron chi connectivity index (χ1n) is 8.69. The molecule has 0 fully saturated rings. The number of esters is 1. The van der Waals surface area contributed by atoms with E-state index < -0.39 is 14.5 Å². The molecule has 0 spiro atoms. The van der Waals surface area contributed by atoms with E-state index in [1.807, 2.05) is 6.55 Å². The van der Waals surface area contributed by atoms with Gasteiger partial charge in [-0.25, -0.2) is 4.79 Å². The zero-order valence-corrected chi connectivity index (χ0v) is 17.2. The summed E-state index contributed by atoms with van der Waals surface area (Å²) in [7, 11) is 2.89. The molecule has 0 aliphatic heterocycles. The molecule has 0 unspecified atom stereocenters. The lowest BCUT2D eigenvalue weighted by molar-refractivity contribution is 0.0734. The minimum absolute atomic E-state index is 0.423. The number of rotatable bonds is 10. The van der Waals surface area contributed by atoms with Crippen LogP contribution < -0.4 is 14.2 Å². The third-order valence-corrected chi connectivity index (χ3v) is 7.26. The van der Waals surface area contributed by atoms with Crippen molar-refractivity contribution in [2.75, 3.05) is 27.9 Å². The van der Waals surface area contributed by atoms with Crippen molar-refractivity contribution in [3.63, 3.8) is 0 Å². The first-order chi connectivity index (χ1) is 13.0. The van der Waals surface area contributed by atoms with Gasteiger partial charge in [-0.05, 0) is 67.5 Å². The van der Waals surface area contributed by atoms with Crippen LogP contribution in [0.2, 0.25) is 12.6 Å². The van der Waals surface area contributed by atoms with Gasteiger partial charge < -0.3 is 23.1 Å². The third-order valence-electron chi connectivity index (χ3n) is 4.27. The first kappa shape index (κ1) is 21.0. The summed E-state index contributed by atoms with van der Waals surface area (Å²) in [5.41, 5.74) is 0.455. The van der Waals surface area contributed by atoms with E-state index >= 15 is 0 Å². The van der Waals surface area contributed by atoms with Crippen LogP contribution in [0, 0.1) is 0 Å². The Morgan fingerprint density at radius 3 is 1.96 bits per heavy atom. The summed E-state index contributed by atoms with van der Waals surface area (Å²) in [5, 5.41) is 0. The fourth-order valence-electron chi connectivity index (χ4n) is 2.37. The average molecular weight is 391 g/mol. The molecule has 0 aliphatic carbocycles. The number of ether oxygens (including phenoxy) is 3. The maximum absolute atomic E-state index is 12.2. The van der Waals surface area contributed by atoms with Gasteiger partial charge in [0.25, 0.3) is 0 Å². The number of methoxy groups -OCH3 is 1. The van der Waals surface area contributed by atoms with Gasteiger partial charge in [0.1, 0.15) is 17.2 Å². The average Bonchev–Trinajstić information content (AvgIpc) is 2.72. The highest BCUT2D eigenvalue weighted by Gasteiger charge is 2.27. The Labute approximate surface area is 161 Å². The second kappa shape index (κ2) is 10.1. The van der Waals surface area contributed by atoms with Crippen LogP contribution in [-0.4, -0.2) is 42.5 Å². The highest BCUT2D eigenvalue weighted by molar-refractivity contribution is 6.65. The fraction of sp³-hybridized carbons (Fsp3) is 0.350. The number of benzene rings is 2. The Morgan fingerprint density at radius 1 is 0.852 bits per heavy atom. The van der Waals surface area contributed by atoms with E-state index in [2.05, 4.69) is 0 Å². The van der Waals surface area contributed by atoms with Gasteiger partial charge in [-0.15, -0.1) is 0 Å². The van der Waals surface area contributed by atoms with Gasteiger partial charge in [-0.3, -0.25) is 0 Å². The van der Waals surface area contributed by atoms with Crippen LogP contribution in [0.25, 0.3) is 0 Å². The lowest BCUT2D eigenvalue weighted by Crippen LogP contribution is -2.36. The second-order valence-corrected chi connectivity index (χ2v) is 9.67. The quantitative estimate of drug-likeness (QED) is 0.264. The summed E-state index contributed by atoms with van der Waals surface area (Å²) in [6.45, 7) is 2.58. The standard InChI is InChI=1S/C20H26O6Si/c1-22-17-10-12-19(13-11-17)26-20(21)16-6-8-18(9-7-16)25-14-5-15-27(4,23-2)24-3/h6-13H,5,14-15H2,1-4H3. The minimum atomic E-state index is -2.05. The molecule has 0 aliphatic rings. The van der Waals surface area contributed by atoms with Gasteiger partial charge >= 0.3 is 14.5 Å². The number of hydrogen-bond acceptors (Lipinski definition) is 6. The van der Waals surface area contributed by atoms with Gasteiger partial charge in [0.2, 0.25) is 0 Å². The van der Waals surface area contributed by atoms with Crippen LogP contribution in [0.3, 0.4) is 0 Å². The summed E-state index contributed by atoms with van der Waals surface area (Å²) < 4.78 is 27.0. The predicted octanol–water partition coefficient (Wildman–Crippen LogP) is 4.05. The van der Waals surface area contributed by atoms with E-state index in [0.717, 1.165) is 12.5 Å². The van der Waals surface area contributed by atoms with E-state index in [1.165, 1.54) is 0 Å². The molecule has 27 heavy (non-hydrogen) atoms. The molecule has 146 valence electrons. The molecule has 2 aromatic rings. The summed E-state index contributed by atoms with van der Waals surface area (Å²) in [6, 6.07) is 14.6. The molecule has 2 rings (SSSR count). The van der Waals surface area contributed by atoms with E-state index in [4.69, 9.17) is 23.1 Å². The lowest BCUT2D eigenvalue weighted by Gasteiger charge is -2.22. The molecule has 6 nitrogen and oxygen atoms in total. The van der Waals surface area contributed by atoms with Crippen molar-refractivity contribution in [3.05, 3.63) is 54.1 Å². The molecule has 0 amide bonds. The van der Waals surface area contributed by atoms with Crippen molar-refractivity contribution in [2.24, 2.45) is 0 Å². The molecule has 0 bridgehead atoms. The Morgan fingerprint density at radius 2 is 1.41 bits per heavy atom. The molecule has 0 saturated heterocycles. The van der Waals surface area contributed by atoms with Crippen molar-refractivity contribution in [3.8, 4) is 17.2 Å². The normalized spacial score (nSPS) is 11.1. The second-order valence-electron chi connectivity index (χ2n) is 6.08. The van der Waals surface area contributed by atoms with Gasteiger partial charge in [-0.1, -0.05) is 0 Å². The highest BCUT2D eigenvalue weighted by Crippen LogP contribution is 2.20. The maximum Gasteiger partial charge on any atom is 0.343 e. The molecular weight excluding hydrogens is 364 g/mol. The van der Waals surface area contributed by atoms with E-state index in [9.17, 15) is 4.79 Å². The SMILES string of the molecule is COc1ccc(OC(=O)c2ccc(OCCC[Si](C)(OC)OC)cc2)cc1.